The second-order valence-corrected chi connectivity index (χ2v) is 6.78. The summed E-state index contributed by atoms with van der Waals surface area (Å²) >= 11 is 0. The van der Waals surface area contributed by atoms with E-state index in [-0.39, 0.29) is 29.9 Å². The van der Waals surface area contributed by atoms with Gasteiger partial charge in [-0.05, 0) is 43.7 Å². The van der Waals surface area contributed by atoms with Crippen LogP contribution in [-0.2, 0) is 16.1 Å². The molecule has 1 aliphatic rings. The molecule has 2 aromatic carbocycles. The fraction of sp³-hybridized carbons (Fsp3) is 0.286. The predicted molar refractivity (Wildman–Crippen MR) is 99.8 cm³/mol. The quantitative estimate of drug-likeness (QED) is 0.842. The maximum absolute atomic E-state index is 12.5. The highest BCUT2D eigenvalue weighted by Gasteiger charge is 2.34. The van der Waals surface area contributed by atoms with Gasteiger partial charge in [0.2, 0.25) is 11.8 Å². The van der Waals surface area contributed by atoms with Crippen LogP contribution in [0.2, 0.25) is 0 Å². The molecule has 26 heavy (non-hydrogen) atoms. The third kappa shape index (κ3) is 4.17. The summed E-state index contributed by atoms with van der Waals surface area (Å²) in [5.41, 5.74) is 3.46. The Kier molecular flexibility index (Phi) is 5.16. The number of nitrogens with one attached hydrogen (secondary N) is 1. The molecule has 2 amide bonds. The third-order valence-corrected chi connectivity index (χ3v) is 4.64. The van der Waals surface area contributed by atoms with E-state index in [1.807, 2.05) is 31.2 Å². The summed E-state index contributed by atoms with van der Waals surface area (Å²) in [6.07, 6.45) is 0.225. The van der Waals surface area contributed by atoms with E-state index >= 15 is 0 Å². The molecule has 0 saturated carbocycles. The van der Waals surface area contributed by atoms with E-state index in [4.69, 9.17) is 0 Å². The molecule has 1 unspecified atom stereocenters. The summed E-state index contributed by atoms with van der Waals surface area (Å²) in [6.45, 7) is 4.47. The van der Waals surface area contributed by atoms with Crippen molar-refractivity contribution in [3.63, 3.8) is 0 Å². The van der Waals surface area contributed by atoms with Gasteiger partial charge in [0, 0.05) is 30.8 Å². The van der Waals surface area contributed by atoms with Gasteiger partial charge in [0.15, 0.2) is 5.78 Å². The topological polar surface area (TPSA) is 66.5 Å². The van der Waals surface area contributed by atoms with Crippen LogP contribution in [0.4, 0.5) is 5.69 Å². The molecule has 2 aromatic rings. The van der Waals surface area contributed by atoms with Gasteiger partial charge >= 0.3 is 0 Å². The van der Waals surface area contributed by atoms with Crippen molar-refractivity contribution in [1.82, 2.24) is 4.90 Å². The van der Waals surface area contributed by atoms with E-state index in [0.717, 1.165) is 5.56 Å². The minimum absolute atomic E-state index is 0.00217. The van der Waals surface area contributed by atoms with E-state index in [0.29, 0.717) is 24.3 Å². The van der Waals surface area contributed by atoms with Crippen LogP contribution in [0.3, 0.4) is 0 Å². The first-order chi connectivity index (χ1) is 12.4. The maximum atomic E-state index is 12.5. The molecular formula is C21H22N2O3. The average molecular weight is 350 g/mol. The van der Waals surface area contributed by atoms with Crippen LogP contribution in [0.15, 0.2) is 48.5 Å². The van der Waals surface area contributed by atoms with Crippen molar-refractivity contribution in [1.29, 1.82) is 0 Å². The molecule has 3 rings (SSSR count). The Balaban J connectivity index is 1.59. The smallest absolute Gasteiger partial charge is 0.229 e. The highest BCUT2D eigenvalue weighted by molar-refractivity contribution is 5.98. The average Bonchev–Trinajstić information content (AvgIpc) is 2.98. The molecule has 134 valence electrons. The van der Waals surface area contributed by atoms with Crippen LogP contribution in [0.1, 0.15) is 34.8 Å². The van der Waals surface area contributed by atoms with Crippen LogP contribution in [0.25, 0.3) is 0 Å². The van der Waals surface area contributed by atoms with Crippen molar-refractivity contribution in [2.45, 2.75) is 26.8 Å². The number of amides is 2. The van der Waals surface area contributed by atoms with Gasteiger partial charge in [0.1, 0.15) is 0 Å². The van der Waals surface area contributed by atoms with E-state index < -0.39 is 0 Å². The van der Waals surface area contributed by atoms with Crippen molar-refractivity contribution < 1.29 is 14.4 Å². The van der Waals surface area contributed by atoms with Gasteiger partial charge in [-0.2, -0.15) is 0 Å². The number of carbonyl (C=O) groups excluding carboxylic acids is 3. The molecule has 5 heteroatoms. The predicted octanol–water partition coefficient (Wildman–Crippen LogP) is 3.18. The molecule has 0 aliphatic carbocycles. The van der Waals surface area contributed by atoms with Crippen molar-refractivity contribution >= 4 is 23.3 Å². The first-order valence-electron chi connectivity index (χ1n) is 8.67. The monoisotopic (exact) mass is 350 g/mol. The number of likely N-dealkylation sites (tertiary alicyclic amines) is 1. The molecule has 1 N–H and O–H groups in total. The lowest BCUT2D eigenvalue weighted by Gasteiger charge is -2.17. The van der Waals surface area contributed by atoms with E-state index in [1.54, 1.807) is 29.2 Å². The molecule has 0 aromatic heterocycles. The Morgan fingerprint density at radius 1 is 1.08 bits per heavy atom. The highest BCUT2D eigenvalue weighted by atomic mass is 16.2. The number of Topliss-reactive ketones (excluding diaryl/α,β-unsaturated/α-hetero) is 1. The van der Waals surface area contributed by atoms with Crippen LogP contribution in [0.5, 0.6) is 0 Å². The van der Waals surface area contributed by atoms with Crippen molar-refractivity contribution in [2.24, 2.45) is 5.92 Å². The molecule has 1 atom stereocenters. The highest BCUT2D eigenvalue weighted by Crippen LogP contribution is 2.22. The van der Waals surface area contributed by atoms with Crippen LogP contribution < -0.4 is 5.32 Å². The molecule has 1 aliphatic heterocycles. The van der Waals surface area contributed by atoms with Gasteiger partial charge in [-0.25, -0.2) is 0 Å². The van der Waals surface area contributed by atoms with Gasteiger partial charge < -0.3 is 10.2 Å². The Morgan fingerprint density at radius 2 is 1.73 bits per heavy atom. The summed E-state index contributed by atoms with van der Waals surface area (Å²) in [5, 5.41) is 2.83. The summed E-state index contributed by atoms with van der Waals surface area (Å²) < 4.78 is 0. The lowest BCUT2D eigenvalue weighted by molar-refractivity contribution is -0.128. The first kappa shape index (κ1) is 17.9. The van der Waals surface area contributed by atoms with Crippen LogP contribution >= 0.6 is 0 Å². The number of anilines is 1. The molecule has 0 radical (unpaired) electrons. The lowest BCUT2D eigenvalue weighted by Crippen LogP contribution is -2.28. The Bertz CT molecular complexity index is 825. The van der Waals surface area contributed by atoms with Gasteiger partial charge in [0.05, 0.1) is 5.92 Å². The Labute approximate surface area is 153 Å². The van der Waals surface area contributed by atoms with Gasteiger partial charge in [-0.15, -0.1) is 0 Å². The number of hydrogen-bond donors (Lipinski definition) is 1. The van der Waals surface area contributed by atoms with Gasteiger partial charge in [0.25, 0.3) is 0 Å². The zero-order valence-electron chi connectivity index (χ0n) is 15.0. The lowest BCUT2D eigenvalue weighted by atomic mass is 10.1. The summed E-state index contributed by atoms with van der Waals surface area (Å²) in [5.74, 6) is -0.547. The van der Waals surface area contributed by atoms with Crippen molar-refractivity contribution in [3.8, 4) is 0 Å². The molecule has 1 saturated heterocycles. The fourth-order valence-corrected chi connectivity index (χ4v) is 3.05. The zero-order valence-corrected chi connectivity index (χ0v) is 15.0. The number of rotatable bonds is 5. The molecule has 5 nitrogen and oxygen atoms in total. The third-order valence-electron chi connectivity index (χ3n) is 4.64. The maximum Gasteiger partial charge on any atom is 0.229 e. The van der Waals surface area contributed by atoms with Gasteiger partial charge in [-0.1, -0.05) is 29.8 Å². The first-order valence-corrected chi connectivity index (χ1v) is 8.67. The number of hydrogen-bond acceptors (Lipinski definition) is 3. The number of nitrogens with zero attached hydrogens (tertiary/aromatic N) is 1. The second-order valence-electron chi connectivity index (χ2n) is 6.78. The zero-order chi connectivity index (χ0) is 18.7. The normalized spacial score (nSPS) is 16.6. The van der Waals surface area contributed by atoms with Crippen LogP contribution in [0, 0.1) is 12.8 Å². The molecule has 0 bridgehead atoms. The summed E-state index contributed by atoms with van der Waals surface area (Å²) in [6, 6.07) is 14.8. The SMILES string of the molecule is CC(=O)c1ccc(NC(=O)C2CC(=O)N(Cc3ccc(C)cc3)C2)cc1. The van der Waals surface area contributed by atoms with Crippen molar-refractivity contribution in [3.05, 3.63) is 65.2 Å². The molecule has 0 spiro atoms. The van der Waals surface area contributed by atoms with E-state index in [1.165, 1.54) is 12.5 Å². The minimum Gasteiger partial charge on any atom is -0.338 e. The Hall–Kier alpha value is -2.95. The number of carbonyl (C=O) groups is 3. The van der Waals surface area contributed by atoms with Crippen LogP contribution in [-0.4, -0.2) is 29.0 Å². The Morgan fingerprint density at radius 3 is 2.35 bits per heavy atom. The number of ketones is 1. The van der Waals surface area contributed by atoms with E-state index in [9.17, 15) is 14.4 Å². The molecular weight excluding hydrogens is 328 g/mol. The van der Waals surface area contributed by atoms with E-state index in [2.05, 4.69) is 5.32 Å². The fourth-order valence-electron chi connectivity index (χ4n) is 3.05. The van der Waals surface area contributed by atoms with Crippen molar-refractivity contribution in [2.75, 3.05) is 11.9 Å². The largest absolute Gasteiger partial charge is 0.338 e. The number of aryl methyl sites for hydroxylation is 1. The minimum atomic E-state index is -0.361. The standard InChI is InChI=1S/C21H22N2O3/c1-14-3-5-16(6-4-14)12-23-13-18(11-20(23)25)21(26)22-19-9-7-17(8-10-19)15(2)24/h3-10,18H,11-13H2,1-2H3,(H,22,26). The second kappa shape index (κ2) is 7.52. The molecule has 1 fully saturated rings. The molecule has 1 heterocycles. The summed E-state index contributed by atoms with van der Waals surface area (Å²) in [7, 11) is 0. The summed E-state index contributed by atoms with van der Waals surface area (Å²) in [4.78, 5) is 37.7. The van der Waals surface area contributed by atoms with Gasteiger partial charge in [-0.3, -0.25) is 14.4 Å². The number of benzene rings is 2.